The summed E-state index contributed by atoms with van der Waals surface area (Å²) >= 11 is 0. The highest BCUT2D eigenvalue weighted by atomic mass is 16.2. The molecule has 1 amide bonds. The Bertz CT molecular complexity index is 300. The number of nitrogens with two attached hydrogens (primary N) is 1. The average Bonchev–Trinajstić information content (AvgIpc) is 2.66. The first-order valence-electron chi connectivity index (χ1n) is 7.89. The summed E-state index contributed by atoms with van der Waals surface area (Å²) in [7, 11) is 0. The molecule has 2 aliphatic rings. The molecule has 0 radical (unpaired) electrons. The van der Waals surface area contributed by atoms with Gasteiger partial charge in [0, 0.05) is 31.7 Å². The third-order valence-corrected chi connectivity index (χ3v) is 4.74. The summed E-state index contributed by atoms with van der Waals surface area (Å²) in [5.74, 6) is 0.323. The van der Waals surface area contributed by atoms with Crippen LogP contribution in [0.2, 0.25) is 0 Å². The molecule has 2 saturated heterocycles. The van der Waals surface area contributed by atoms with E-state index in [-0.39, 0.29) is 6.04 Å². The maximum absolute atomic E-state index is 12.6. The summed E-state index contributed by atoms with van der Waals surface area (Å²) in [6, 6.07) is 0.752. The minimum absolute atomic E-state index is 0.0144. The summed E-state index contributed by atoms with van der Waals surface area (Å²) in [6.07, 6.45) is 6.90. The maximum Gasteiger partial charge on any atom is 0.239 e. The monoisotopic (exact) mass is 267 g/mol. The number of nitrogens with zero attached hydrogens (tertiary/aromatic N) is 2. The van der Waals surface area contributed by atoms with Crippen molar-refractivity contribution in [3.05, 3.63) is 0 Å². The highest BCUT2D eigenvalue weighted by Crippen LogP contribution is 2.20. The molecule has 0 aromatic rings. The van der Waals surface area contributed by atoms with E-state index in [1.807, 2.05) is 0 Å². The van der Waals surface area contributed by atoms with Crippen molar-refractivity contribution in [1.82, 2.24) is 9.80 Å². The summed E-state index contributed by atoms with van der Waals surface area (Å²) in [5, 5.41) is 0. The normalized spacial score (nSPS) is 31.8. The van der Waals surface area contributed by atoms with Crippen molar-refractivity contribution in [2.75, 3.05) is 19.6 Å². The minimum atomic E-state index is 0.0144. The predicted octanol–water partition coefficient (Wildman–Crippen LogP) is 1.59. The van der Waals surface area contributed by atoms with E-state index < -0.39 is 0 Å². The van der Waals surface area contributed by atoms with E-state index in [1.54, 1.807) is 0 Å². The number of rotatable bonds is 2. The summed E-state index contributed by atoms with van der Waals surface area (Å²) < 4.78 is 0. The Hall–Kier alpha value is -0.610. The van der Waals surface area contributed by atoms with E-state index in [0.29, 0.717) is 18.0 Å². The Kier molecular flexibility index (Phi) is 5.22. The second-order valence-electron chi connectivity index (χ2n) is 6.29. The van der Waals surface area contributed by atoms with Crippen molar-refractivity contribution in [2.24, 2.45) is 5.73 Å². The number of carbonyl (C=O) groups is 1. The Morgan fingerprint density at radius 2 is 1.79 bits per heavy atom. The molecule has 0 aromatic carbocycles. The van der Waals surface area contributed by atoms with Gasteiger partial charge < -0.3 is 10.6 Å². The lowest BCUT2D eigenvalue weighted by Gasteiger charge is -2.41. The lowest BCUT2D eigenvalue weighted by atomic mass is 9.97. The van der Waals surface area contributed by atoms with Gasteiger partial charge in [0.2, 0.25) is 5.91 Å². The number of likely N-dealkylation sites (tertiary alicyclic amines) is 2. The molecule has 0 spiro atoms. The number of amides is 1. The average molecular weight is 267 g/mol. The highest BCUT2D eigenvalue weighted by Gasteiger charge is 2.32. The van der Waals surface area contributed by atoms with E-state index in [0.717, 1.165) is 32.5 Å². The summed E-state index contributed by atoms with van der Waals surface area (Å²) in [5.41, 5.74) is 6.01. The molecule has 19 heavy (non-hydrogen) atoms. The van der Waals surface area contributed by atoms with Crippen LogP contribution in [0, 0.1) is 0 Å². The van der Waals surface area contributed by atoms with Crippen LogP contribution >= 0.6 is 0 Å². The second-order valence-corrected chi connectivity index (χ2v) is 6.29. The molecule has 2 aliphatic heterocycles. The molecule has 4 nitrogen and oxygen atoms in total. The maximum atomic E-state index is 12.6. The highest BCUT2D eigenvalue weighted by molar-refractivity contribution is 5.81. The van der Waals surface area contributed by atoms with Gasteiger partial charge in [0.1, 0.15) is 0 Å². The van der Waals surface area contributed by atoms with Crippen LogP contribution in [-0.4, -0.2) is 53.5 Å². The smallest absolute Gasteiger partial charge is 0.239 e. The number of piperidine rings is 1. The van der Waals surface area contributed by atoms with Crippen molar-refractivity contribution in [2.45, 2.75) is 70.5 Å². The zero-order valence-electron chi connectivity index (χ0n) is 12.5. The molecule has 0 saturated carbocycles. The largest absolute Gasteiger partial charge is 0.341 e. The molecule has 2 rings (SSSR count). The van der Waals surface area contributed by atoms with Crippen molar-refractivity contribution < 1.29 is 4.79 Å². The first kappa shape index (κ1) is 14.8. The predicted molar refractivity (Wildman–Crippen MR) is 77.9 cm³/mol. The van der Waals surface area contributed by atoms with Gasteiger partial charge in [0.25, 0.3) is 0 Å². The first-order chi connectivity index (χ1) is 9.09. The van der Waals surface area contributed by atoms with Crippen molar-refractivity contribution in [3.8, 4) is 0 Å². The van der Waals surface area contributed by atoms with E-state index in [1.165, 1.54) is 25.7 Å². The minimum Gasteiger partial charge on any atom is -0.341 e. The second kappa shape index (κ2) is 6.71. The molecular formula is C15H29N3O. The summed E-state index contributed by atoms with van der Waals surface area (Å²) in [4.78, 5) is 17.1. The SMILES string of the molecule is CC1CC(N)CCN1C(C)C(=O)N1CCCCCC1. The number of carbonyl (C=O) groups excluding carboxylic acids is 1. The van der Waals surface area contributed by atoms with Gasteiger partial charge in [-0.1, -0.05) is 12.8 Å². The number of hydrogen-bond donors (Lipinski definition) is 1. The van der Waals surface area contributed by atoms with Crippen LogP contribution in [0.1, 0.15) is 52.4 Å². The Labute approximate surface area is 117 Å². The van der Waals surface area contributed by atoms with Crippen LogP contribution in [0.15, 0.2) is 0 Å². The third-order valence-electron chi connectivity index (χ3n) is 4.74. The van der Waals surface area contributed by atoms with Gasteiger partial charge in [-0.25, -0.2) is 0 Å². The standard InChI is InChI=1S/C15H29N3O/c1-12-11-14(16)7-10-18(12)13(2)15(19)17-8-5-3-4-6-9-17/h12-14H,3-11,16H2,1-2H3. The molecule has 2 fully saturated rings. The molecule has 2 N–H and O–H groups in total. The van der Waals surface area contributed by atoms with Gasteiger partial charge in [-0.05, 0) is 39.5 Å². The quantitative estimate of drug-likeness (QED) is 0.826. The molecular weight excluding hydrogens is 238 g/mol. The fraction of sp³-hybridized carbons (Fsp3) is 0.933. The van der Waals surface area contributed by atoms with Gasteiger partial charge in [0.05, 0.1) is 6.04 Å². The van der Waals surface area contributed by atoms with Crippen LogP contribution in [-0.2, 0) is 4.79 Å². The molecule has 110 valence electrons. The topological polar surface area (TPSA) is 49.6 Å². The van der Waals surface area contributed by atoms with Crippen molar-refractivity contribution in [1.29, 1.82) is 0 Å². The van der Waals surface area contributed by atoms with E-state index in [2.05, 4.69) is 23.6 Å². The zero-order valence-corrected chi connectivity index (χ0v) is 12.5. The van der Waals surface area contributed by atoms with Crippen LogP contribution < -0.4 is 5.73 Å². The first-order valence-corrected chi connectivity index (χ1v) is 7.89. The van der Waals surface area contributed by atoms with E-state index in [9.17, 15) is 4.79 Å². The van der Waals surface area contributed by atoms with Crippen LogP contribution in [0.4, 0.5) is 0 Å². The molecule has 0 aromatic heterocycles. The van der Waals surface area contributed by atoms with Crippen molar-refractivity contribution >= 4 is 5.91 Å². The fourth-order valence-electron chi connectivity index (χ4n) is 3.50. The molecule has 0 bridgehead atoms. The lowest BCUT2D eigenvalue weighted by Crippen LogP contribution is -2.55. The molecule has 2 heterocycles. The van der Waals surface area contributed by atoms with E-state index in [4.69, 9.17) is 5.73 Å². The Morgan fingerprint density at radius 1 is 1.16 bits per heavy atom. The fourth-order valence-corrected chi connectivity index (χ4v) is 3.50. The van der Waals surface area contributed by atoms with Crippen LogP contribution in [0.5, 0.6) is 0 Å². The molecule has 3 atom stereocenters. The van der Waals surface area contributed by atoms with Crippen LogP contribution in [0.25, 0.3) is 0 Å². The molecule has 0 aliphatic carbocycles. The number of hydrogen-bond acceptors (Lipinski definition) is 3. The molecule has 4 heteroatoms. The van der Waals surface area contributed by atoms with Gasteiger partial charge >= 0.3 is 0 Å². The molecule has 3 unspecified atom stereocenters. The third kappa shape index (κ3) is 3.69. The Balaban J connectivity index is 1.93. The van der Waals surface area contributed by atoms with Gasteiger partial charge in [-0.15, -0.1) is 0 Å². The van der Waals surface area contributed by atoms with Gasteiger partial charge in [-0.2, -0.15) is 0 Å². The summed E-state index contributed by atoms with van der Waals surface area (Å²) in [6.45, 7) is 7.13. The van der Waals surface area contributed by atoms with Gasteiger partial charge in [-0.3, -0.25) is 9.69 Å². The Morgan fingerprint density at radius 3 is 2.37 bits per heavy atom. The van der Waals surface area contributed by atoms with E-state index >= 15 is 0 Å². The zero-order chi connectivity index (χ0) is 13.8. The lowest BCUT2D eigenvalue weighted by molar-refractivity contribution is -0.137. The van der Waals surface area contributed by atoms with Crippen molar-refractivity contribution in [3.63, 3.8) is 0 Å². The van der Waals surface area contributed by atoms with Crippen LogP contribution in [0.3, 0.4) is 0 Å². The van der Waals surface area contributed by atoms with Gasteiger partial charge in [0.15, 0.2) is 0 Å².